The minimum atomic E-state index is -3.46. The van der Waals surface area contributed by atoms with Crippen molar-refractivity contribution in [2.24, 2.45) is 0 Å². The third kappa shape index (κ3) is 5.78. The quantitative estimate of drug-likeness (QED) is 0.654. The Hall–Kier alpha value is -2.44. The van der Waals surface area contributed by atoms with Gasteiger partial charge in [-0.25, -0.2) is 8.42 Å². The van der Waals surface area contributed by atoms with E-state index in [1.54, 1.807) is 30.3 Å². The summed E-state index contributed by atoms with van der Waals surface area (Å²) in [5.41, 5.74) is 1.95. The molecule has 2 rings (SSSR count). The fourth-order valence-electron chi connectivity index (χ4n) is 2.85. The van der Waals surface area contributed by atoms with Gasteiger partial charge >= 0.3 is 0 Å². The lowest BCUT2D eigenvalue weighted by atomic mass is 10.0. The van der Waals surface area contributed by atoms with E-state index < -0.39 is 10.0 Å². The topological polar surface area (TPSA) is 66.5 Å². The second-order valence-corrected chi connectivity index (χ2v) is 8.49. The Morgan fingerprint density at radius 3 is 2.21 bits per heavy atom. The molecule has 0 unspecified atom stereocenters. The van der Waals surface area contributed by atoms with E-state index in [-0.39, 0.29) is 16.7 Å². The molecule has 0 aliphatic heterocycles. The van der Waals surface area contributed by atoms with Crippen LogP contribution in [0, 0.1) is 0 Å². The summed E-state index contributed by atoms with van der Waals surface area (Å²) in [6.45, 7) is 7.11. The van der Waals surface area contributed by atoms with Crippen molar-refractivity contribution >= 4 is 22.0 Å². The summed E-state index contributed by atoms with van der Waals surface area (Å²) in [4.78, 5) is 12.3. The first-order valence-corrected chi connectivity index (χ1v) is 10.9. The van der Waals surface area contributed by atoms with Crippen LogP contribution in [0.25, 0.3) is 6.08 Å². The summed E-state index contributed by atoms with van der Waals surface area (Å²) in [5.74, 6) is 0.0470. The molecule has 5 nitrogen and oxygen atoms in total. The summed E-state index contributed by atoms with van der Waals surface area (Å²) in [5, 5.41) is 2.89. The van der Waals surface area contributed by atoms with Crippen LogP contribution in [0.2, 0.25) is 0 Å². The minimum absolute atomic E-state index is 0.178. The molecule has 150 valence electrons. The maximum absolute atomic E-state index is 12.5. The van der Waals surface area contributed by atoms with Crippen LogP contribution < -0.4 is 5.32 Å². The number of nitrogens with zero attached hydrogens (tertiary/aromatic N) is 1. The Morgan fingerprint density at radius 1 is 1.04 bits per heavy atom. The Morgan fingerprint density at radius 2 is 1.64 bits per heavy atom. The molecule has 0 fully saturated rings. The Bertz CT molecular complexity index is 887. The van der Waals surface area contributed by atoms with E-state index in [0.717, 1.165) is 5.56 Å². The molecule has 0 heterocycles. The van der Waals surface area contributed by atoms with E-state index in [4.69, 9.17) is 0 Å². The summed E-state index contributed by atoms with van der Waals surface area (Å²) in [6.07, 6.45) is 3.14. The molecule has 1 N–H and O–H groups in total. The molecule has 2 aromatic carbocycles. The van der Waals surface area contributed by atoms with E-state index in [1.807, 2.05) is 44.2 Å². The first kappa shape index (κ1) is 21.9. The smallest absolute Gasteiger partial charge is 0.244 e. The van der Waals surface area contributed by atoms with Crippen LogP contribution in [0.15, 0.2) is 65.6 Å². The van der Waals surface area contributed by atoms with Gasteiger partial charge in [-0.15, -0.1) is 0 Å². The summed E-state index contributed by atoms with van der Waals surface area (Å²) >= 11 is 0. The monoisotopic (exact) mass is 400 g/mol. The molecular weight excluding hydrogens is 372 g/mol. The molecule has 1 atom stereocenters. The molecule has 0 aliphatic rings. The number of carbonyl (C=O) groups is 1. The van der Waals surface area contributed by atoms with Crippen LogP contribution in [0.4, 0.5) is 0 Å². The number of nitrogens with one attached hydrogen (secondary N) is 1. The second kappa shape index (κ2) is 10.2. The molecule has 0 aromatic heterocycles. The molecule has 0 aliphatic carbocycles. The van der Waals surface area contributed by atoms with Crippen LogP contribution in [-0.2, 0) is 14.8 Å². The van der Waals surface area contributed by atoms with Crippen LogP contribution >= 0.6 is 0 Å². The predicted molar refractivity (Wildman–Crippen MR) is 113 cm³/mol. The SMILES string of the molecule is CCN(CC)S(=O)(=O)c1ccc(/C=C/C(=O)NC[C@@H](C)c2ccccc2)cc1. The van der Waals surface area contributed by atoms with Crippen molar-refractivity contribution in [3.05, 3.63) is 71.8 Å². The average molecular weight is 401 g/mol. The van der Waals surface area contributed by atoms with E-state index in [1.165, 1.54) is 15.9 Å². The third-order valence-electron chi connectivity index (χ3n) is 4.60. The molecule has 0 radical (unpaired) electrons. The second-order valence-electron chi connectivity index (χ2n) is 6.55. The van der Waals surface area contributed by atoms with Gasteiger partial charge in [-0.05, 0) is 35.3 Å². The van der Waals surface area contributed by atoms with Gasteiger partial charge in [-0.3, -0.25) is 4.79 Å². The van der Waals surface area contributed by atoms with E-state index in [9.17, 15) is 13.2 Å². The lowest BCUT2D eigenvalue weighted by Gasteiger charge is -2.18. The highest BCUT2D eigenvalue weighted by Gasteiger charge is 2.20. The molecule has 2 aromatic rings. The number of amides is 1. The maximum atomic E-state index is 12.5. The van der Waals surface area contributed by atoms with E-state index >= 15 is 0 Å². The Balaban J connectivity index is 1.94. The molecule has 0 saturated carbocycles. The van der Waals surface area contributed by atoms with Gasteiger partial charge in [-0.1, -0.05) is 63.2 Å². The first-order valence-electron chi connectivity index (χ1n) is 9.49. The van der Waals surface area contributed by atoms with E-state index in [0.29, 0.717) is 19.6 Å². The average Bonchev–Trinajstić information content (AvgIpc) is 2.72. The molecule has 0 bridgehead atoms. The number of benzene rings is 2. The lowest BCUT2D eigenvalue weighted by molar-refractivity contribution is -0.116. The number of rotatable bonds is 9. The van der Waals surface area contributed by atoms with Gasteiger partial charge in [0.1, 0.15) is 0 Å². The molecular formula is C22H28N2O3S. The highest BCUT2D eigenvalue weighted by molar-refractivity contribution is 7.89. The van der Waals surface area contributed by atoms with Gasteiger partial charge in [0.05, 0.1) is 4.90 Å². The predicted octanol–water partition coefficient (Wildman–Crippen LogP) is 3.65. The van der Waals surface area contributed by atoms with Crippen LogP contribution in [0.1, 0.15) is 37.8 Å². The van der Waals surface area contributed by atoms with E-state index in [2.05, 4.69) is 12.2 Å². The maximum Gasteiger partial charge on any atom is 0.244 e. The molecule has 0 saturated heterocycles. The number of hydrogen-bond acceptors (Lipinski definition) is 3. The third-order valence-corrected chi connectivity index (χ3v) is 6.67. The number of carbonyl (C=O) groups excluding carboxylic acids is 1. The van der Waals surface area contributed by atoms with Crippen molar-refractivity contribution in [3.63, 3.8) is 0 Å². The highest BCUT2D eigenvalue weighted by Crippen LogP contribution is 2.17. The van der Waals surface area contributed by atoms with Gasteiger partial charge in [0.2, 0.25) is 15.9 Å². The fraction of sp³-hybridized carbons (Fsp3) is 0.318. The van der Waals surface area contributed by atoms with Crippen LogP contribution in [-0.4, -0.2) is 38.3 Å². The zero-order chi connectivity index (χ0) is 20.6. The van der Waals surface area contributed by atoms with Gasteiger partial charge in [-0.2, -0.15) is 4.31 Å². The summed E-state index contributed by atoms with van der Waals surface area (Å²) < 4.78 is 26.4. The van der Waals surface area contributed by atoms with Crippen molar-refractivity contribution in [2.75, 3.05) is 19.6 Å². The molecule has 1 amide bonds. The zero-order valence-electron chi connectivity index (χ0n) is 16.6. The van der Waals surface area contributed by atoms with Crippen molar-refractivity contribution < 1.29 is 13.2 Å². The summed E-state index contributed by atoms with van der Waals surface area (Å²) in [6, 6.07) is 16.6. The van der Waals surface area contributed by atoms with Gasteiger partial charge in [0.15, 0.2) is 0 Å². The summed E-state index contributed by atoms with van der Waals surface area (Å²) in [7, 11) is -3.46. The van der Waals surface area contributed by atoms with Gasteiger partial charge < -0.3 is 5.32 Å². The van der Waals surface area contributed by atoms with Gasteiger partial charge in [0, 0.05) is 25.7 Å². The van der Waals surface area contributed by atoms with Crippen molar-refractivity contribution in [3.8, 4) is 0 Å². The molecule has 28 heavy (non-hydrogen) atoms. The van der Waals surface area contributed by atoms with Crippen LogP contribution in [0.3, 0.4) is 0 Å². The zero-order valence-corrected chi connectivity index (χ0v) is 17.4. The first-order chi connectivity index (χ1) is 13.4. The fourth-order valence-corrected chi connectivity index (χ4v) is 4.31. The molecule has 6 heteroatoms. The standard InChI is InChI=1S/C22H28N2O3S/c1-4-24(5-2)28(26,27)21-14-11-19(12-15-21)13-16-22(25)23-17-18(3)20-9-7-6-8-10-20/h6-16,18H,4-5,17H2,1-3H3,(H,23,25)/b16-13+/t18-/m1/s1. The highest BCUT2D eigenvalue weighted by atomic mass is 32.2. The van der Waals surface area contributed by atoms with Crippen molar-refractivity contribution in [1.29, 1.82) is 0 Å². The molecule has 0 spiro atoms. The number of sulfonamides is 1. The normalized spacial score (nSPS) is 13.0. The Labute approximate surface area is 168 Å². The van der Waals surface area contributed by atoms with Gasteiger partial charge in [0.25, 0.3) is 0 Å². The van der Waals surface area contributed by atoms with Crippen molar-refractivity contribution in [1.82, 2.24) is 9.62 Å². The lowest BCUT2D eigenvalue weighted by Crippen LogP contribution is -2.30. The van der Waals surface area contributed by atoms with Crippen LogP contribution in [0.5, 0.6) is 0 Å². The largest absolute Gasteiger partial charge is 0.352 e. The van der Waals surface area contributed by atoms with Crippen molar-refractivity contribution in [2.45, 2.75) is 31.6 Å². The number of hydrogen-bond donors (Lipinski definition) is 1. The minimum Gasteiger partial charge on any atom is -0.352 e. The Kier molecular flexibility index (Phi) is 7.96.